The van der Waals surface area contributed by atoms with Crippen molar-refractivity contribution in [2.45, 2.75) is 30.8 Å². The van der Waals surface area contributed by atoms with Gasteiger partial charge in [0.1, 0.15) is 5.03 Å². The predicted octanol–water partition coefficient (Wildman–Crippen LogP) is 3.10. The molecule has 0 saturated heterocycles. The first-order valence-corrected chi connectivity index (χ1v) is 9.32. The molecule has 6 heteroatoms. The Balaban J connectivity index is 1.75. The molecule has 1 amide bonds. The summed E-state index contributed by atoms with van der Waals surface area (Å²) in [6.07, 6.45) is 5.15. The Kier molecular flexibility index (Phi) is 7.47. The minimum absolute atomic E-state index is 0.00607. The number of carbonyl (C=O) groups is 2. The summed E-state index contributed by atoms with van der Waals surface area (Å²) < 4.78 is 5.09. The zero-order chi connectivity index (χ0) is 18.1. The van der Waals surface area contributed by atoms with Crippen LogP contribution in [-0.4, -0.2) is 35.8 Å². The summed E-state index contributed by atoms with van der Waals surface area (Å²) in [5, 5.41) is 3.44. The number of amides is 1. The van der Waals surface area contributed by atoms with Crippen LogP contribution in [0.4, 0.5) is 0 Å². The number of aromatic nitrogens is 1. The molecule has 0 fully saturated rings. The average Bonchev–Trinajstić information content (AvgIpc) is 2.65. The number of benzene rings is 1. The zero-order valence-corrected chi connectivity index (χ0v) is 15.2. The van der Waals surface area contributed by atoms with Gasteiger partial charge in [0.05, 0.1) is 5.56 Å². The lowest BCUT2D eigenvalue weighted by molar-refractivity contribution is -0.124. The van der Waals surface area contributed by atoms with Gasteiger partial charge in [-0.1, -0.05) is 30.3 Å². The molecule has 0 aliphatic rings. The number of pyridine rings is 1. The van der Waals surface area contributed by atoms with Crippen molar-refractivity contribution in [3.8, 4) is 0 Å². The summed E-state index contributed by atoms with van der Waals surface area (Å²) >= 11 is 1.36. The van der Waals surface area contributed by atoms with E-state index in [2.05, 4.69) is 22.4 Å². The van der Waals surface area contributed by atoms with Gasteiger partial charge in [0.25, 0.3) is 5.91 Å². The van der Waals surface area contributed by atoms with Crippen LogP contribution < -0.4 is 5.32 Å². The first-order chi connectivity index (χ1) is 12.1. The number of carbonyl (C=O) groups excluding carboxylic acids is 2. The van der Waals surface area contributed by atoms with Crippen molar-refractivity contribution in [2.24, 2.45) is 0 Å². The van der Waals surface area contributed by atoms with Gasteiger partial charge in [0.2, 0.25) is 0 Å². The molecule has 1 N–H and O–H groups in total. The van der Waals surface area contributed by atoms with E-state index in [0.29, 0.717) is 10.6 Å². The van der Waals surface area contributed by atoms with E-state index in [1.807, 2.05) is 31.4 Å². The molecule has 0 spiro atoms. The highest BCUT2D eigenvalue weighted by Gasteiger charge is 2.15. The molecular weight excluding hydrogens is 336 g/mol. The molecule has 0 radical (unpaired) electrons. The monoisotopic (exact) mass is 358 g/mol. The van der Waals surface area contributed by atoms with Gasteiger partial charge in [-0.25, -0.2) is 9.78 Å². The lowest BCUT2D eigenvalue weighted by Gasteiger charge is -2.14. The Bertz CT molecular complexity index is 707. The fourth-order valence-corrected chi connectivity index (χ4v) is 2.87. The number of nitrogens with zero attached hydrogens (tertiary/aromatic N) is 1. The molecule has 5 nitrogen and oxygen atoms in total. The van der Waals surface area contributed by atoms with Crippen LogP contribution in [0.1, 0.15) is 29.3 Å². The third-order valence-corrected chi connectivity index (χ3v) is 4.35. The van der Waals surface area contributed by atoms with Crippen LogP contribution in [0.25, 0.3) is 0 Å². The zero-order valence-electron chi connectivity index (χ0n) is 14.4. The van der Waals surface area contributed by atoms with Crippen molar-refractivity contribution in [3.05, 3.63) is 59.8 Å². The molecule has 0 aliphatic heterocycles. The second-order valence-electron chi connectivity index (χ2n) is 5.63. The number of hydrogen-bond acceptors (Lipinski definition) is 5. The Morgan fingerprint density at radius 2 is 1.96 bits per heavy atom. The highest BCUT2D eigenvalue weighted by atomic mass is 32.2. The Labute approximate surface area is 152 Å². The first kappa shape index (κ1) is 19.0. The summed E-state index contributed by atoms with van der Waals surface area (Å²) in [5.41, 5.74) is 1.61. The third kappa shape index (κ3) is 6.23. The van der Waals surface area contributed by atoms with Crippen LogP contribution in [0.3, 0.4) is 0 Å². The van der Waals surface area contributed by atoms with E-state index in [9.17, 15) is 9.59 Å². The van der Waals surface area contributed by atoms with Gasteiger partial charge in [-0.3, -0.25) is 4.79 Å². The molecule has 25 heavy (non-hydrogen) atoms. The number of aryl methyl sites for hydroxylation is 1. The number of rotatable bonds is 8. The van der Waals surface area contributed by atoms with Gasteiger partial charge in [0.15, 0.2) is 6.61 Å². The van der Waals surface area contributed by atoms with E-state index in [0.717, 1.165) is 12.8 Å². The van der Waals surface area contributed by atoms with E-state index < -0.39 is 5.97 Å². The number of esters is 1. The molecule has 0 aliphatic carbocycles. The Hall–Kier alpha value is -2.34. The minimum atomic E-state index is -0.537. The Morgan fingerprint density at radius 3 is 2.68 bits per heavy atom. The maximum absolute atomic E-state index is 12.1. The normalized spacial score (nSPS) is 11.6. The van der Waals surface area contributed by atoms with Crippen LogP contribution in [-0.2, 0) is 16.0 Å². The summed E-state index contributed by atoms with van der Waals surface area (Å²) in [6, 6.07) is 13.4. The van der Waals surface area contributed by atoms with E-state index in [1.54, 1.807) is 18.3 Å². The van der Waals surface area contributed by atoms with Gasteiger partial charge in [-0.15, -0.1) is 11.8 Å². The highest BCUT2D eigenvalue weighted by Crippen LogP contribution is 2.17. The van der Waals surface area contributed by atoms with Crippen molar-refractivity contribution >= 4 is 23.6 Å². The molecule has 2 rings (SSSR count). The second kappa shape index (κ2) is 9.84. The lowest BCUT2D eigenvalue weighted by atomic mass is 10.1. The van der Waals surface area contributed by atoms with Gasteiger partial charge in [-0.2, -0.15) is 0 Å². The fourth-order valence-electron chi connectivity index (χ4n) is 2.33. The topological polar surface area (TPSA) is 68.3 Å². The molecule has 132 valence electrons. The first-order valence-electron chi connectivity index (χ1n) is 8.09. The van der Waals surface area contributed by atoms with Gasteiger partial charge < -0.3 is 10.1 Å². The molecule has 1 heterocycles. The van der Waals surface area contributed by atoms with Gasteiger partial charge >= 0.3 is 5.97 Å². The van der Waals surface area contributed by atoms with E-state index in [4.69, 9.17) is 4.74 Å². The third-order valence-electron chi connectivity index (χ3n) is 3.64. The van der Waals surface area contributed by atoms with Gasteiger partial charge in [-0.05, 0) is 43.7 Å². The molecular formula is C19H22N2O3S. The fraction of sp³-hybridized carbons (Fsp3) is 0.316. The lowest BCUT2D eigenvalue weighted by Crippen LogP contribution is -2.36. The van der Waals surface area contributed by atoms with Crippen molar-refractivity contribution in [3.63, 3.8) is 0 Å². The number of ether oxygens (including phenoxy) is 1. The largest absolute Gasteiger partial charge is 0.452 e. The van der Waals surface area contributed by atoms with Crippen molar-refractivity contribution in [2.75, 3.05) is 12.9 Å². The summed E-state index contributed by atoms with van der Waals surface area (Å²) in [6.45, 7) is 1.65. The predicted molar refractivity (Wildman–Crippen MR) is 98.7 cm³/mol. The second-order valence-corrected chi connectivity index (χ2v) is 6.42. The van der Waals surface area contributed by atoms with Crippen LogP contribution in [0, 0.1) is 0 Å². The van der Waals surface area contributed by atoms with E-state index in [-0.39, 0.29) is 18.6 Å². The summed E-state index contributed by atoms with van der Waals surface area (Å²) in [7, 11) is 0. The van der Waals surface area contributed by atoms with Crippen molar-refractivity contribution in [1.29, 1.82) is 0 Å². The van der Waals surface area contributed by atoms with E-state index >= 15 is 0 Å². The van der Waals surface area contributed by atoms with Crippen LogP contribution in [0.5, 0.6) is 0 Å². The molecule has 0 saturated carbocycles. The number of thioether (sulfide) groups is 1. The molecule has 0 bridgehead atoms. The highest BCUT2D eigenvalue weighted by molar-refractivity contribution is 7.98. The maximum Gasteiger partial charge on any atom is 0.341 e. The average molecular weight is 358 g/mol. The SMILES string of the molecule is CSc1ncccc1C(=O)OCC(=O)N[C@H](C)CCc1ccccc1. The van der Waals surface area contributed by atoms with Crippen LogP contribution in [0.15, 0.2) is 53.7 Å². The standard InChI is InChI=1S/C19H22N2O3S/c1-14(10-11-15-7-4-3-5-8-15)21-17(22)13-24-19(23)16-9-6-12-20-18(16)25-2/h3-9,12,14H,10-11,13H2,1-2H3,(H,21,22)/t14-/m1/s1. The number of nitrogens with one attached hydrogen (secondary N) is 1. The van der Waals surface area contributed by atoms with Gasteiger partial charge in [0, 0.05) is 12.2 Å². The quantitative estimate of drug-likeness (QED) is 0.580. The smallest absolute Gasteiger partial charge is 0.341 e. The maximum atomic E-state index is 12.1. The molecule has 1 aromatic heterocycles. The van der Waals surface area contributed by atoms with Crippen LogP contribution >= 0.6 is 11.8 Å². The Morgan fingerprint density at radius 1 is 1.20 bits per heavy atom. The van der Waals surface area contributed by atoms with E-state index in [1.165, 1.54) is 17.3 Å². The molecule has 1 atom stereocenters. The van der Waals surface area contributed by atoms with Crippen LogP contribution in [0.2, 0.25) is 0 Å². The molecule has 1 aromatic carbocycles. The van der Waals surface area contributed by atoms with Crippen molar-refractivity contribution < 1.29 is 14.3 Å². The van der Waals surface area contributed by atoms with Crippen molar-refractivity contribution in [1.82, 2.24) is 10.3 Å². The number of hydrogen-bond donors (Lipinski definition) is 1. The molecule has 2 aromatic rings. The minimum Gasteiger partial charge on any atom is -0.452 e. The molecule has 0 unspecified atom stereocenters. The summed E-state index contributed by atoms with van der Waals surface area (Å²) in [4.78, 5) is 28.1. The summed E-state index contributed by atoms with van der Waals surface area (Å²) in [5.74, 6) is -0.840.